The molecule has 132 valence electrons. The lowest BCUT2D eigenvalue weighted by Gasteiger charge is -2.22. The Hall–Kier alpha value is -1.88. The third-order valence-corrected chi connectivity index (χ3v) is 4.47. The molecule has 1 aromatic rings. The molecule has 1 heterocycles. The molecule has 1 fully saturated rings. The number of carbonyl (C=O) groups excluding carboxylic acids is 2. The highest BCUT2D eigenvalue weighted by Gasteiger charge is 2.14. The number of nitrogens with one attached hydrogen (secondary N) is 3. The van der Waals surface area contributed by atoms with E-state index < -0.39 is 0 Å². The summed E-state index contributed by atoms with van der Waals surface area (Å²) in [5.41, 5.74) is 1.82. The Morgan fingerprint density at radius 1 is 1.17 bits per heavy atom. The molecule has 2 rings (SSSR count). The van der Waals surface area contributed by atoms with Crippen molar-refractivity contribution in [2.24, 2.45) is 11.8 Å². The maximum absolute atomic E-state index is 12.0. The summed E-state index contributed by atoms with van der Waals surface area (Å²) in [5, 5.41) is 9.18. The fraction of sp³-hybridized carbons (Fsp3) is 0.579. The second kappa shape index (κ2) is 9.42. The third-order valence-electron chi connectivity index (χ3n) is 4.47. The maximum Gasteiger partial charge on any atom is 0.226 e. The van der Waals surface area contributed by atoms with Crippen LogP contribution in [0.25, 0.3) is 0 Å². The lowest BCUT2D eigenvalue weighted by Crippen LogP contribution is -2.29. The van der Waals surface area contributed by atoms with Gasteiger partial charge in [-0.3, -0.25) is 9.59 Å². The highest BCUT2D eigenvalue weighted by atomic mass is 16.2. The van der Waals surface area contributed by atoms with Crippen molar-refractivity contribution in [2.45, 2.75) is 46.1 Å². The molecule has 1 aromatic carbocycles. The highest BCUT2D eigenvalue weighted by molar-refractivity contribution is 5.92. The molecule has 5 heteroatoms. The summed E-state index contributed by atoms with van der Waals surface area (Å²) in [6, 6.07) is 7.61. The number of carbonyl (C=O) groups is 2. The second-order valence-electron chi connectivity index (χ2n) is 6.85. The van der Waals surface area contributed by atoms with Crippen molar-refractivity contribution in [1.29, 1.82) is 0 Å². The lowest BCUT2D eigenvalue weighted by atomic mass is 9.93. The zero-order chi connectivity index (χ0) is 17.4. The normalized spacial score (nSPS) is 15.3. The largest absolute Gasteiger partial charge is 0.352 e. The van der Waals surface area contributed by atoms with Crippen LogP contribution >= 0.6 is 0 Å². The van der Waals surface area contributed by atoms with E-state index >= 15 is 0 Å². The smallest absolute Gasteiger partial charge is 0.226 e. The van der Waals surface area contributed by atoms with Crippen LogP contribution in [0.4, 0.5) is 5.69 Å². The number of piperidine rings is 1. The van der Waals surface area contributed by atoms with Crippen LogP contribution in [-0.4, -0.2) is 24.9 Å². The van der Waals surface area contributed by atoms with Crippen molar-refractivity contribution in [3.8, 4) is 0 Å². The number of hydrogen-bond donors (Lipinski definition) is 3. The minimum absolute atomic E-state index is 0.00830. The predicted molar refractivity (Wildman–Crippen MR) is 96.6 cm³/mol. The summed E-state index contributed by atoms with van der Waals surface area (Å²) < 4.78 is 0. The first-order valence-electron chi connectivity index (χ1n) is 8.92. The van der Waals surface area contributed by atoms with E-state index in [4.69, 9.17) is 0 Å². The van der Waals surface area contributed by atoms with E-state index in [0.29, 0.717) is 18.9 Å². The monoisotopic (exact) mass is 331 g/mol. The molecule has 0 spiro atoms. The van der Waals surface area contributed by atoms with Gasteiger partial charge in [-0.05, 0) is 56.0 Å². The molecule has 1 aliphatic heterocycles. The van der Waals surface area contributed by atoms with Gasteiger partial charge in [0.2, 0.25) is 11.8 Å². The molecular formula is C19H29N3O2. The summed E-state index contributed by atoms with van der Waals surface area (Å²) in [7, 11) is 0. The fourth-order valence-electron chi connectivity index (χ4n) is 2.79. The fourth-order valence-corrected chi connectivity index (χ4v) is 2.79. The second-order valence-corrected chi connectivity index (χ2v) is 6.85. The van der Waals surface area contributed by atoms with Crippen molar-refractivity contribution in [2.75, 3.05) is 18.4 Å². The molecule has 1 saturated heterocycles. The summed E-state index contributed by atoms with van der Waals surface area (Å²) in [6.07, 6.45) is 3.94. The summed E-state index contributed by atoms with van der Waals surface area (Å²) >= 11 is 0. The molecule has 2 amide bonds. The average Bonchev–Trinajstić information content (AvgIpc) is 2.60. The van der Waals surface area contributed by atoms with Crippen LogP contribution in [0.2, 0.25) is 0 Å². The quantitative estimate of drug-likeness (QED) is 0.719. The summed E-state index contributed by atoms with van der Waals surface area (Å²) in [5.74, 6) is 0.768. The van der Waals surface area contributed by atoms with Gasteiger partial charge in [0.05, 0.1) is 0 Å². The average molecular weight is 331 g/mol. The van der Waals surface area contributed by atoms with Crippen LogP contribution in [0.5, 0.6) is 0 Å². The van der Waals surface area contributed by atoms with Crippen molar-refractivity contribution >= 4 is 17.5 Å². The van der Waals surface area contributed by atoms with Gasteiger partial charge in [-0.1, -0.05) is 26.0 Å². The van der Waals surface area contributed by atoms with Gasteiger partial charge in [-0.2, -0.15) is 0 Å². The number of hydrogen-bond acceptors (Lipinski definition) is 3. The van der Waals surface area contributed by atoms with Crippen LogP contribution in [0.3, 0.4) is 0 Å². The van der Waals surface area contributed by atoms with E-state index in [1.54, 1.807) is 0 Å². The zero-order valence-electron chi connectivity index (χ0n) is 14.7. The number of rotatable bonds is 7. The Bertz CT molecular complexity index is 534. The molecule has 0 radical (unpaired) electrons. The van der Waals surface area contributed by atoms with Crippen molar-refractivity contribution in [3.05, 3.63) is 29.8 Å². The van der Waals surface area contributed by atoms with Gasteiger partial charge in [0.15, 0.2) is 0 Å². The van der Waals surface area contributed by atoms with Crippen molar-refractivity contribution in [3.63, 3.8) is 0 Å². The van der Waals surface area contributed by atoms with Gasteiger partial charge in [0.1, 0.15) is 0 Å². The third kappa shape index (κ3) is 6.32. The Morgan fingerprint density at radius 2 is 1.83 bits per heavy atom. The molecule has 1 aliphatic rings. The number of benzene rings is 1. The lowest BCUT2D eigenvalue weighted by molar-refractivity contribution is -0.121. The molecule has 0 aromatic heterocycles. The molecular weight excluding hydrogens is 302 g/mol. The highest BCUT2D eigenvalue weighted by Crippen LogP contribution is 2.17. The van der Waals surface area contributed by atoms with E-state index in [0.717, 1.165) is 30.8 Å². The van der Waals surface area contributed by atoms with E-state index in [-0.39, 0.29) is 17.7 Å². The van der Waals surface area contributed by atoms with Gasteiger partial charge in [0.25, 0.3) is 0 Å². The Morgan fingerprint density at radius 3 is 2.46 bits per heavy atom. The van der Waals surface area contributed by atoms with Gasteiger partial charge >= 0.3 is 0 Å². The predicted octanol–water partition coefficient (Wildman–Crippen LogP) is 2.68. The van der Waals surface area contributed by atoms with Crippen LogP contribution < -0.4 is 16.0 Å². The molecule has 0 aliphatic carbocycles. The minimum atomic E-state index is -0.0380. The molecule has 0 atom stereocenters. The SMILES string of the molecule is CC(C)C(=O)Nc1ccc(CNC(=O)CCC2CCNCC2)cc1. The van der Waals surface area contributed by atoms with Crippen LogP contribution in [0, 0.1) is 11.8 Å². The van der Waals surface area contributed by atoms with Gasteiger partial charge in [0, 0.05) is 24.6 Å². The van der Waals surface area contributed by atoms with Crippen molar-refractivity contribution in [1.82, 2.24) is 10.6 Å². The Kier molecular flexibility index (Phi) is 7.25. The molecule has 3 N–H and O–H groups in total. The first kappa shape index (κ1) is 18.5. The summed E-state index contributed by atoms with van der Waals surface area (Å²) in [6.45, 7) is 6.41. The Balaban J connectivity index is 1.69. The van der Waals surface area contributed by atoms with Crippen LogP contribution in [0.1, 0.15) is 45.1 Å². The summed E-state index contributed by atoms with van der Waals surface area (Å²) in [4.78, 5) is 23.6. The standard InChI is InChI=1S/C19H29N3O2/c1-14(2)19(24)22-17-6-3-16(4-7-17)13-21-18(23)8-5-15-9-11-20-12-10-15/h3-4,6-7,14-15,20H,5,8-13H2,1-2H3,(H,21,23)(H,22,24). The first-order chi connectivity index (χ1) is 11.5. The first-order valence-corrected chi connectivity index (χ1v) is 8.92. The van der Waals surface area contributed by atoms with Gasteiger partial charge in [-0.25, -0.2) is 0 Å². The van der Waals surface area contributed by atoms with Gasteiger partial charge < -0.3 is 16.0 Å². The maximum atomic E-state index is 12.0. The molecule has 0 unspecified atom stereocenters. The van der Waals surface area contributed by atoms with E-state index in [9.17, 15) is 9.59 Å². The van der Waals surface area contributed by atoms with E-state index in [1.807, 2.05) is 38.1 Å². The molecule has 0 saturated carbocycles. The van der Waals surface area contributed by atoms with Crippen LogP contribution in [0.15, 0.2) is 24.3 Å². The van der Waals surface area contributed by atoms with Crippen LogP contribution in [-0.2, 0) is 16.1 Å². The Labute approximate surface area is 144 Å². The van der Waals surface area contributed by atoms with Gasteiger partial charge in [-0.15, -0.1) is 0 Å². The molecule has 0 bridgehead atoms. The number of anilines is 1. The van der Waals surface area contributed by atoms with E-state index in [1.165, 1.54) is 12.8 Å². The zero-order valence-corrected chi connectivity index (χ0v) is 14.7. The van der Waals surface area contributed by atoms with E-state index in [2.05, 4.69) is 16.0 Å². The number of amides is 2. The molecule has 5 nitrogen and oxygen atoms in total. The topological polar surface area (TPSA) is 70.2 Å². The van der Waals surface area contributed by atoms with Crippen molar-refractivity contribution < 1.29 is 9.59 Å². The molecule has 24 heavy (non-hydrogen) atoms. The minimum Gasteiger partial charge on any atom is -0.352 e.